The van der Waals surface area contributed by atoms with Gasteiger partial charge in [-0.2, -0.15) is 0 Å². The number of carbonyl (C=O) groups excluding carboxylic acids is 1. The van der Waals surface area contributed by atoms with Crippen LogP contribution in [-0.4, -0.2) is 20.2 Å². The van der Waals surface area contributed by atoms with Gasteiger partial charge in [0, 0.05) is 5.41 Å². The van der Waals surface area contributed by atoms with E-state index in [1.165, 1.54) is 7.11 Å². The number of rotatable bonds is 4. The molecule has 0 saturated heterocycles. The zero-order valence-corrected chi connectivity index (χ0v) is 13.1. The predicted octanol–water partition coefficient (Wildman–Crippen LogP) is 3.74. The van der Waals surface area contributed by atoms with Gasteiger partial charge < -0.3 is 9.47 Å². The summed E-state index contributed by atoms with van der Waals surface area (Å²) in [6, 6.07) is 6.00. The maximum Gasteiger partial charge on any atom is 0.313 e. The van der Waals surface area contributed by atoms with E-state index >= 15 is 0 Å². The van der Waals surface area contributed by atoms with Crippen LogP contribution in [0.4, 0.5) is 0 Å². The Bertz CT molecular complexity index is 586. The van der Waals surface area contributed by atoms with Crippen molar-refractivity contribution in [2.75, 3.05) is 14.2 Å². The first-order valence-corrected chi connectivity index (χ1v) is 7.12. The molecule has 112 valence electrons. The van der Waals surface area contributed by atoms with E-state index in [-0.39, 0.29) is 17.3 Å². The summed E-state index contributed by atoms with van der Waals surface area (Å²) in [6.07, 6.45) is 8.84. The Morgan fingerprint density at radius 2 is 2.14 bits per heavy atom. The van der Waals surface area contributed by atoms with Gasteiger partial charge >= 0.3 is 5.97 Å². The lowest BCUT2D eigenvalue weighted by molar-refractivity contribution is -0.145. The van der Waals surface area contributed by atoms with Gasteiger partial charge in [0.05, 0.1) is 20.1 Å². The van der Waals surface area contributed by atoms with Crippen molar-refractivity contribution in [3.8, 4) is 5.75 Å². The third kappa shape index (κ3) is 2.73. The molecule has 1 aliphatic rings. The molecule has 0 N–H and O–H groups in total. The van der Waals surface area contributed by atoms with Crippen molar-refractivity contribution in [3.63, 3.8) is 0 Å². The topological polar surface area (TPSA) is 35.5 Å². The maximum atomic E-state index is 12.2. The van der Waals surface area contributed by atoms with Gasteiger partial charge in [0.25, 0.3) is 0 Å². The van der Waals surface area contributed by atoms with Crippen LogP contribution in [-0.2, 0) is 14.9 Å². The van der Waals surface area contributed by atoms with Gasteiger partial charge in [-0.1, -0.05) is 37.3 Å². The van der Waals surface area contributed by atoms with E-state index in [1.807, 2.05) is 31.2 Å². The normalized spacial score (nSPS) is 21.9. The number of ether oxygens (including phenoxy) is 2. The van der Waals surface area contributed by atoms with Crippen LogP contribution in [0.3, 0.4) is 0 Å². The molecule has 0 amide bonds. The van der Waals surface area contributed by atoms with Crippen molar-refractivity contribution in [2.45, 2.75) is 25.7 Å². The summed E-state index contributed by atoms with van der Waals surface area (Å²) in [5, 5.41) is 0. The smallest absolute Gasteiger partial charge is 0.313 e. The van der Waals surface area contributed by atoms with E-state index in [0.29, 0.717) is 0 Å². The molecule has 2 atom stereocenters. The fourth-order valence-electron chi connectivity index (χ4n) is 3.03. The molecular formula is C18H22O3. The SMILES string of the molecule is C/C=C/C(C(=O)OC)C1(C)CC=Cc2cc(OC)ccc21. The second-order valence-electron chi connectivity index (χ2n) is 5.50. The maximum absolute atomic E-state index is 12.2. The van der Waals surface area contributed by atoms with Crippen LogP contribution in [0.15, 0.2) is 36.4 Å². The fraction of sp³-hybridized carbons (Fsp3) is 0.389. The highest BCUT2D eigenvalue weighted by Crippen LogP contribution is 2.43. The zero-order chi connectivity index (χ0) is 15.5. The molecule has 21 heavy (non-hydrogen) atoms. The van der Waals surface area contributed by atoms with Crippen molar-refractivity contribution in [1.82, 2.24) is 0 Å². The first-order valence-electron chi connectivity index (χ1n) is 7.12. The average molecular weight is 286 g/mol. The second kappa shape index (κ2) is 6.17. The highest BCUT2D eigenvalue weighted by Gasteiger charge is 2.41. The first-order chi connectivity index (χ1) is 10.1. The molecule has 1 aliphatic carbocycles. The minimum absolute atomic E-state index is 0.201. The molecule has 0 saturated carbocycles. The van der Waals surface area contributed by atoms with E-state index in [0.717, 1.165) is 23.3 Å². The zero-order valence-electron chi connectivity index (χ0n) is 13.1. The lowest BCUT2D eigenvalue weighted by atomic mass is 9.66. The number of allylic oxidation sites excluding steroid dienone is 2. The number of methoxy groups -OCH3 is 2. The molecule has 2 unspecified atom stereocenters. The average Bonchev–Trinajstić information content (AvgIpc) is 2.51. The third-order valence-electron chi connectivity index (χ3n) is 4.24. The molecule has 0 fully saturated rings. The third-order valence-corrected chi connectivity index (χ3v) is 4.24. The van der Waals surface area contributed by atoms with E-state index in [4.69, 9.17) is 9.47 Å². The Hall–Kier alpha value is -2.03. The van der Waals surface area contributed by atoms with E-state index in [9.17, 15) is 4.79 Å². The Balaban J connectivity index is 2.53. The standard InChI is InChI=1S/C18H22O3/c1-5-7-16(17(19)21-4)18(2)11-6-8-13-12-14(20-3)9-10-15(13)18/h5-10,12,16H,11H2,1-4H3/b7-5+. The van der Waals surface area contributed by atoms with Crippen LogP contribution in [0.5, 0.6) is 5.75 Å². The van der Waals surface area contributed by atoms with Gasteiger partial charge in [-0.15, -0.1) is 0 Å². The Kier molecular flexibility index (Phi) is 4.51. The summed E-state index contributed by atoms with van der Waals surface area (Å²) < 4.78 is 10.3. The quantitative estimate of drug-likeness (QED) is 0.625. The van der Waals surface area contributed by atoms with Gasteiger partial charge in [-0.25, -0.2) is 0 Å². The summed E-state index contributed by atoms with van der Waals surface area (Å²) in [5.41, 5.74) is 1.94. The number of hydrogen-bond acceptors (Lipinski definition) is 3. The van der Waals surface area contributed by atoms with Crippen molar-refractivity contribution >= 4 is 12.0 Å². The molecular weight excluding hydrogens is 264 g/mol. The van der Waals surface area contributed by atoms with Crippen molar-refractivity contribution < 1.29 is 14.3 Å². The van der Waals surface area contributed by atoms with Gasteiger partial charge in [0.15, 0.2) is 0 Å². The largest absolute Gasteiger partial charge is 0.497 e. The number of carbonyl (C=O) groups is 1. The number of fused-ring (bicyclic) bond motifs is 1. The summed E-state index contributed by atoms with van der Waals surface area (Å²) in [4.78, 5) is 12.2. The molecule has 3 nitrogen and oxygen atoms in total. The molecule has 0 aliphatic heterocycles. The van der Waals surface area contributed by atoms with Gasteiger partial charge in [0.1, 0.15) is 5.75 Å². The highest BCUT2D eigenvalue weighted by atomic mass is 16.5. The fourth-order valence-corrected chi connectivity index (χ4v) is 3.03. The summed E-state index contributed by atoms with van der Waals surface area (Å²) in [6.45, 7) is 4.04. The number of esters is 1. The van der Waals surface area contributed by atoms with Crippen molar-refractivity contribution in [2.24, 2.45) is 5.92 Å². The molecule has 0 spiro atoms. The lowest BCUT2D eigenvalue weighted by Gasteiger charge is -2.37. The van der Waals surface area contributed by atoms with Gasteiger partial charge in [-0.3, -0.25) is 4.79 Å². The van der Waals surface area contributed by atoms with Crippen LogP contribution < -0.4 is 4.74 Å². The summed E-state index contributed by atoms with van der Waals surface area (Å²) >= 11 is 0. The highest BCUT2D eigenvalue weighted by molar-refractivity contribution is 5.78. The lowest BCUT2D eigenvalue weighted by Crippen LogP contribution is -2.38. The van der Waals surface area contributed by atoms with Crippen LogP contribution in [0.1, 0.15) is 31.4 Å². The molecule has 0 aromatic heterocycles. The monoisotopic (exact) mass is 286 g/mol. The van der Waals surface area contributed by atoms with Crippen LogP contribution >= 0.6 is 0 Å². The van der Waals surface area contributed by atoms with Gasteiger partial charge in [0.2, 0.25) is 0 Å². The van der Waals surface area contributed by atoms with Crippen molar-refractivity contribution in [3.05, 3.63) is 47.6 Å². The molecule has 2 rings (SSSR count). The van der Waals surface area contributed by atoms with Crippen LogP contribution in [0.25, 0.3) is 6.08 Å². The van der Waals surface area contributed by atoms with E-state index in [1.54, 1.807) is 7.11 Å². The van der Waals surface area contributed by atoms with Crippen LogP contribution in [0.2, 0.25) is 0 Å². The summed E-state index contributed by atoms with van der Waals surface area (Å²) in [7, 11) is 3.10. The number of benzene rings is 1. The Labute approximate surface area is 126 Å². The minimum atomic E-state index is -0.310. The first kappa shape index (κ1) is 15.4. The molecule has 0 bridgehead atoms. The number of hydrogen-bond donors (Lipinski definition) is 0. The van der Waals surface area contributed by atoms with E-state index < -0.39 is 0 Å². The van der Waals surface area contributed by atoms with Crippen molar-refractivity contribution in [1.29, 1.82) is 0 Å². The predicted molar refractivity (Wildman–Crippen MR) is 84.3 cm³/mol. The van der Waals surface area contributed by atoms with Gasteiger partial charge in [-0.05, 0) is 36.6 Å². The Morgan fingerprint density at radius 1 is 1.38 bits per heavy atom. The Morgan fingerprint density at radius 3 is 2.76 bits per heavy atom. The van der Waals surface area contributed by atoms with Crippen LogP contribution in [0, 0.1) is 5.92 Å². The second-order valence-corrected chi connectivity index (χ2v) is 5.50. The molecule has 1 aromatic carbocycles. The van der Waals surface area contributed by atoms with E-state index in [2.05, 4.69) is 25.1 Å². The molecule has 1 aromatic rings. The molecule has 0 heterocycles. The molecule has 0 radical (unpaired) electrons. The summed E-state index contributed by atoms with van der Waals surface area (Å²) in [5.74, 6) is 0.320. The molecule has 3 heteroatoms. The minimum Gasteiger partial charge on any atom is -0.497 e.